The average Bonchev–Trinajstić information content (AvgIpc) is 2.03. The lowest BCUT2D eigenvalue weighted by atomic mass is 10.0. The first kappa shape index (κ1) is 10.7. The van der Waals surface area contributed by atoms with Crippen LogP contribution in [0.5, 0.6) is 0 Å². The van der Waals surface area contributed by atoms with Gasteiger partial charge in [0, 0.05) is 7.05 Å². The van der Waals surface area contributed by atoms with Crippen LogP contribution in [0.25, 0.3) is 0 Å². The topological polar surface area (TPSA) is 38.4 Å². The van der Waals surface area contributed by atoms with E-state index < -0.39 is 0 Å². The highest BCUT2D eigenvalue weighted by atomic mass is 14.7. The van der Waals surface area contributed by atoms with Crippen molar-refractivity contribution in [1.82, 2.24) is 0 Å². The number of rotatable bonds is 3. The van der Waals surface area contributed by atoms with Gasteiger partial charge in [0.25, 0.3) is 0 Å². The van der Waals surface area contributed by atoms with Crippen LogP contribution >= 0.6 is 0 Å². The Kier molecular flexibility index (Phi) is 4.77. The Hall–Kier alpha value is -1.31. The van der Waals surface area contributed by atoms with Gasteiger partial charge < -0.3 is 5.73 Å². The highest BCUT2D eigenvalue weighted by Crippen LogP contribution is 2.09. The molecule has 66 valence electrons. The fourth-order valence-electron chi connectivity index (χ4n) is 0.989. The van der Waals surface area contributed by atoms with Crippen LogP contribution in [0.15, 0.2) is 41.1 Å². The van der Waals surface area contributed by atoms with E-state index in [4.69, 9.17) is 5.73 Å². The first-order valence-electron chi connectivity index (χ1n) is 3.85. The molecule has 0 aromatic carbocycles. The summed E-state index contributed by atoms with van der Waals surface area (Å²) in [5.41, 5.74) is 8.18. The van der Waals surface area contributed by atoms with E-state index in [1.54, 1.807) is 13.1 Å². The molecule has 0 radical (unpaired) electrons. The van der Waals surface area contributed by atoms with Gasteiger partial charge in [0.05, 0.1) is 5.71 Å². The summed E-state index contributed by atoms with van der Waals surface area (Å²) < 4.78 is 0. The number of nitrogens with zero attached hydrogens (tertiary/aromatic N) is 1. The third-order valence-electron chi connectivity index (χ3n) is 1.52. The summed E-state index contributed by atoms with van der Waals surface area (Å²) in [4.78, 5) is 4.09. The molecule has 0 spiro atoms. The molecule has 0 aliphatic heterocycles. The predicted molar refractivity (Wildman–Crippen MR) is 55.3 cm³/mol. The number of aliphatic imine (C=N–C) groups is 1. The molecule has 0 amide bonds. The van der Waals surface area contributed by atoms with Crippen LogP contribution in [-0.2, 0) is 0 Å². The van der Waals surface area contributed by atoms with Crippen molar-refractivity contribution >= 4 is 5.71 Å². The maximum absolute atomic E-state index is 5.28. The maximum atomic E-state index is 5.28. The Morgan fingerprint density at radius 3 is 2.33 bits per heavy atom. The van der Waals surface area contributed by atoms with Crippen LogP contribution in [-0.4, -0.2) is 12.8 Å². The monoisotopic (exact) mass is 164 g/mol. The van der Waals surface area contributed by atoms with Gasteiger partial charge in [-0.05, 0) is 37.3 Å². The summed E-state index contributed by atoms with van der Waals surface area (Å²) in [7, 11) is 1.74. The predicted octanol–water partition coefficient (Wildman–Crippen LogP) is 2.05. The van der Waals surface area contributed by atoms with Crippen molar-refractivity contribution in [3.05, 3.63) is 36.1 Å². The normalized spacial score (nSPS) is 13.9. The second-order valence-electron chi connectivity index (χ2n) is 2.45. The van der Waals surface area contributed by atoms with Gasteiger partial charge in [0.2, 0.25) is 0 Å². The van der Waals surface area contributed by atoms with E-state index in [1.165, 1.54) is 6.20 Å². The minimum absolute atomic E-state index is 0.868. The molecular weight excluding hydrogens is 148 g/mol. The Balaban J connectivity index is 4.85. The molecule has 0 rings (SSSR count). The Labute approximate surface area is 74.2 Å². The van der Waals surface area contributed by atoms with Crippen molar-refractivity contribution in [1.29, 1.82) is 0 Å². The van der Waals surface area contributed by atoms with Crippen molar-refractivity contribution in [2.45, 2.75) is 13.8 Å². The molecule has 0 fully saturated rings. The molecule has 0 aromatic rings. The maximum Gasteiger partial charge on any atom is 0.0656 e. The highest BCUT2D eigenvalue weighted by Gasteiger charge is 2.01. The lowest BCUT2D eigenvalue weighted by molar-refractivity contribution is 1.39. The fourth-order valence-corrected chi connectivity index (χ4v) is 0.989. The smallest absolute Gasteiger partial charge is 0.0656 e. The molecule has 2 heteroatoms. The first-order valence-corrected chi connectivity index (χ1v) is 3.85. The Morgan fingerprint density at radius 2 is 2.08 bits per heavy atom. The van der Waals surface area contributed by atoms with Gasteiger partial charge in [-0.25, -0.2) is 0 Å². The first-order chi connectivity index (χ1) is 5.67. The fraction of sp³-hybridized carbons (Fsp3) is 0.300. The van der Waals surface area contributed by atoms with Gasteiger partial charge in [-0.3, -0.25) is 4.99 Å². The quantitative estimate of drug-likeness (QED) is 0.503. The molecule has 0 saturated heterocycles. The van der Waals surface area contributed by atoms with E-state index >= 15 is 0 Å². The summed E-state index contributed by atoms with van der Waals surface area (Å²) in [5.74, 6) is 0. The van der Waals surface area contributed by atoms with E-state index in [1.807, 2.05) is 19.9 Å². The minimum Gasteiger partial charge on any atom is -0.405 e. The summed E-state index contributed by atoms with van der Waals surface area (Å²) in [5, 5.41) is 0. The molecule has 0 unspecified atom stereocenters. The molecule has 12 heavy (non-hydrogen) atoms. The third-order valence-corrected chi connectivity index (χ3v) is 1.52. The van der Waals surface area contributed by atoms with E-state index in [0.29, 0.717) is 0 Å². The number of hydrogen-bond donors (Lipinski definition) is 1. The van der Waals surface area contributed by atoms with Gasteiger partial charge in [-0.1, -0.05) is 12.7 Å². The van der Waals surface area contributed by atoms with Crippen molar-refractivity contribution in [2.24, 2.45) is 10.7 Å². The van der Waals surface area contributed by atoms with E-state index in [2.05, 4.69) is 11.6 Å². The highest BCUT2D eigenvalue weighted by molar-refractivity contribution is 6.10. The van der Waals surface area contributed by atoms with Crippen LogP contribution in [0.1, 0.15) is 13.8 Å². The van der Waals surface area contributed by atoms with E-state index in [-0.39, 0.29) is 0 Å². The lowest BCUT2D eigenvalue weighted by Crippen LogP contribution is -2.01. The SMILES string of the molecule is C=C(C)/C(=C/C)C(/C=C\N)=NC. The molecule has 0 atom stereocenters. The van der Waals surface area contributed by atoms with Crippen molar-refractivity contribution in [3.63, 3.8) is 0 Å². The number of nitrogens with two attached hydrogens (primary N) is 1. The summed E-state index contributed by atoms with van der Waals surface area (Å²) in [6, 6.07) is 0. The minimum atomic E-state index is 0.868. The van der Waals surface area contributed by atoms with Crippen molar-refractivity contribution in [2.75, 3.05) is 7.05 Å². The van der Waals surface area contributed by atoms with Crippen LogP contribution in [0.2, 0.25) is 0 Å². The second kappa shape index (κ2) is 5.35. The molecule has 0 aliphatic rings. The largest absolute Gasteiger partial charge is 0.405 e. The zero-order chi connectivity index (χ0) is 9.56. The van der Waals surface area contributed by atoms with Crippen molar-refractivity contribution < 1.29 is 0 Å². The standard InChI is InChI=1S/C10H16N2/c1-5-9(8(2)3)10(12-4)6-7-11/h5-7H,2,11H2,1,3-4H3/b7-6-,9-5-,12-10?. The Morgan fingerprint density at radius 1 is 1.50 bits per heavy atom. The van der Waals surface area contributed by atoms with Crippen molar-refractivity contribution in [3.8, 4) is 0 Å². The molecule has 0 aliphatic carbocycles. The average molecular weight is 164 g/mol. The molecular formula is C10H16N2. The molecule has 0 aromatic heterocycles. The second-order valence-corrected chi connectivity index (χ2v) is 2.45. The van der Waals surface area contributed by atoms with Gasteiger partial charge in [-0.15, -0.1) is 0 Å². The van der Waals surface area contributed by atoms with E-state index in [9.17, 15) is 0 Å². The molecule has 0 bridgehead atoms. The number of hydrogen-bond acceptors (Lipinski definition) is 2. The van der Waals surface area contributed by atoms with Gasteiger partial charge in [0.1, 0.15) is 0 Å². The zero-order valence-corrected chi connectivity index (χ0v) is 7.96. The summed E-state index contributed by atoms with van der Waals surface area (Å²) in [6.07, 6.45) is 5.23. The Bertz CT molecular complexity index is 245. The third kappa shape index (κ3) is 2.74. The van der Waals surface area contributed by atoms with Gasteiger partial charge in [0.15, 0.2) is 0 Å². The summed E-state index contributed by atoms with van der Waals surface area (Å²) >= 11 is 0. The summed E-state index contributed by atoms with van der Waals surface area (Å²) in [6.45, 7) is 7.76. The number of allylic oxidation sites excluding steroid dienone is 4. The van der Waals surface area contributed by atoms with Gasteiger partial charge >= 0.3 is 0 Å². The van der Waals surface area contributed by atoms with Crippen LogP contribution < -0.4 is 5.73 Å². The molecule has 2 N–H and O–H groups in total. The van der Waals surface area contributed by atoms with Crippen LogP contribution in [0.3, 0.4) is 0 Å². The molecule has 0 saturated carbocycles. The zero-order valence-electron chi connectivity index (χ0n) is 7.96. The molecule has 0 heterocycles. The van der Waals surface area contributed by atoms with Gasteiger partial charge in [-0.2, -0.15) is 0 Å². The molecule has 2 nitrogen and oxygen atoms in total. The van der Waals surface area contributed by atoms with Crippen LogP contribution in [0, 0.1) is 0 Å². The lowest BCUT2D eigenvalue weighted by Gasteiger charge is -2.04. The van der Waals surface area contributed by atoms with Crippen LogP contribution in [0.4, 0.5) is 0 Å². The van der Waals surface area contributed by atoms with E-state index in [0.717, 1.165) is 16.9 Å².